The molecule has 0 spiro atoms. The van der Waals surface area contributed by atoms with Gasteiger partial charge in [0.1, 0.15) is 0 Å². The number of aliphatic hydroxyl groups is 1. The monoisotopic (exact) mass is 154 g/mol. The van der Waals surface area contributed by atoms with Gasteiger partial charge >= 0.3 is 0 Å². The standard InChI is InChI=1S/C8H14N2O/c1-3-4-10-6-9-8(5-11)7(10)2/h6,11H,3-5H2,1-2H3. The molecule has 11 heavy (non-hydrogen) atoms. The summed E-state index contributed by atoms with van der Waals surface area (Å²) in [6.45, 7) is 5.13. The Hall–Kier alpha value is -0.830. The number of aromatic nitrogens is 2. The first-order chi connectivity index (χ1) is 5.29. The third kappa shape index (κ3) is 1.60. The molecule has 0 atom stereocenters. The van der Waals surface area contributed by atoms with Crippen LogP contribution in [0.2, 0.25) is 0 Å². The van der Waals surface area contributed by atoms with Gasteiger partial charge in [-0.3, -0.25) is 0 Å². The van der Waals surface area contributed by atoms with Crippen LogP contribution >= 0.6 is 0 Å². The molecule has 0 aliphatic heterocycles. The van der Waals surface area contributed by atoms with E-state index in [1.165, 1.54) is 0 Å². The first-order valence-electron chi connectivity index (χ1n) is 3.91. The molecule has 3 nitrogen and oxygen atoms in total. The Bertz CT molecular complexity index is 230. The average molecular weight is 154 g/mol. The van der Waals surface area contributed by atoms with Gasteiger partial charge in [0.25, 0.3) is 0 Å². The van der Waals surface area contributed by atoms with Crippen molar-refractivity contribution in [1.82, 2.24) is 9.55 Å². The molecule has 0 saturated carbocycles. The Morgan fingerprint density at radius 2 is 2.36 bits per heavy atom. The Morgan fingerprint density at radius 3 is 2.82 bits per heavy atom. The third-order valence-electron chi connectivity index (χ3n) is 1.82. The van der Waals surface area contributed by atoms with Gasteiger partial charge in [0.05, 0.1) is 18.6 Å². The second-order valence-electron chi connectivity index (χ2n) is 2.63. The van der Waals surface area contributed by atoms with Crippen LogP contribution in [0, 0.1) is 6.92 Å². The lowest BCUT2D eigenvalue weighted by Crippen LogP contribution is -1.98. The van der Waals surface area contributed by atoms with Crippen LogP contribution in [-0.4, -0.2) is 14.7 Å². The molecule has 0 bridgehead atoms. The molecule has 1 N–H and O–H groups in total. The highest BCUT2D eigenvalue weighted by molar-refractivity contribution is 5.09. The molecule has 1 aromatic heterocycles. The summed E-state index contributed by atoms with van der Waals surface area (Å²) in [4.78, 5) is 4.07. The maximum Gasteiger partial charge on any atom is 0.0952 e. The van der Waals surface area contributed by atoms with Crippen molar-refractivity contribution in [1.29, 1.82) is 0 Å². The van der Waals surface area contributed by atoms with Crippen molar-refractivity contribution < 1.29 is 5.11 Å². The second-order valence-corrected chi connectivity index (χ2v) is 2.63. The molecule has 0 aliphatic carbocycles. The van der Waals surface area contributed by atoms with Crippen LogP contribution in [0.3, 0.4) is 0 Å². The zero-order chi connectivity index (χ0) is 8.27. The predicted molar refractivity (Wildman–Crippen MR) is 43.2 cm³/mol. The van der Waals surface area contributed by atoms with Crippen molar-refractivity contribution in [2.24, 2.45) is 0 Å². The minimum Gasteiger partial charge on any atom is -0.390 e. The Balaban J connectivity index is 2.82. The van der Waals surface area contributed by atoms with Gasteiger partial charge in [-0.2, -0.15) is 0 Å². The molecular formula is C8H14N2O. The van der Waals surface area contributed by atoms with Crippen molar-refractivity contribution in [2.45, 2.75) is 33.4 Å². The topological polar surface area (TPSA) is 38.0 Å². The van der Waals surface area contributed by atoms with Gasteiger partial charge in [-0.05, 0) is 13.3 Å². The van der Waals surface area contributed by atoms with Crippen LogP contribution in [0.5, 0.6) is 0 Å². The molecule has 3 heteroatoms. The first kappa shape index (κ1) is 8.27. The number of aryl methyl sites for hydroxylation is 1. The van der Waals surface area contributed by atoms with Crippen LogP contribution in [0.1, 0.15) is 24.7 Å². The van der Waals surface area contributed by atoms with E-state index in [1.807, 2.05) is 6.92 Å². The van der Waals surface area contributed by atoms with E-state index in [1.54, 1.807) is 6.33 Å². The van der Waals surface area contributed by atoms with Crippen molar-refractivity contribution in [2.75, 3.05) is 0 Å². The molecule has 0 unspecified atom stereocenters. The van der Waals surface area contributed by atoms with Gasteiger partial charge < -0.3 is 9.67 Å². The Labute approximate surface area is 66.7 Å². The van der Waals surface area contributed by atoms with Gasteiger partial charge in [0.2, 0.25) is 0 Å². The molecule has 0 radical (unpaired) electrons. The molecule has 1 aromatic rings. The van der Waals surface area contributed by atoms with Crippen molar-refractivity contribution in [3.8, 4) is 0 Å². The van der Waals surface area contributed by atoms with E-state index in [2.05, 4.69) is 16.5 Å². The minimum absolute atomic E-state index is 0.0442. The largest absolute Gasteiger partial charge is 0.390 e. The maximum absolute atomic E-state index is 8.82. The number of rotatable bonds is 3. The van der Waals surface area contributed by atoms with Crippen molar-refractivity contribution >= 4 is 0 Å². The molecule has 0 aromatic carbocycles. The van der Waals surface area contributed by atoms with E-state index in [0.29, 0.717) is 0 Å². The summed E-state index contributed by atoms with van der Waals surface area (Å²) in [5.74, 6) is 0. The quantitative estimate of drug-likeness (QED) is 0.707. The van der Waals surface area contributed by atoms with Crippen LogP contribution < -0.4 is 0 Å². The van der Waals surface area contributed by atoms with E-state index < -0.39 is 0 Å². The molecule has 0 saturated heterocycles. The number of aliphatic hydroxyl groups excluding tert-OH is 1. The lowest BCUT2D eigenvalue weighted by Gasteiger charge is -2.01. The predicted octanol–water partition coefficient (Wildman–Crippen LogP) is 1.09. The first-order valence-corrected chi connectivity index (χ1v) is 3.91. The van der Waals surface area contributed by atoms with E-state index >= 15 is 0 Å². The smallest absolute Gasteiger partial charge is 0.0952 e. The van der Waals surface area contributed by atoms with Gasteiger partial charge in [-0.15, -0.1) is 0 Å². The summed E-state index contributed by atoms with van der Waals surface area (Å²) in [6.07, 6.45) is 2.88. The highest BCUT2D eigenvalue weighted by Crippen LogP contribution is 2.05. The number of imidazole rings is 1. The van der Waals surface area contributed by atoms with Crippen LogP contribution in [0.15, 0.2) is 6.33 Å². The fourth-order valence-corrected chi connectivity index (χ4v) is 1.11. The molecule has 0 amide bonds. The van der Waals surface area contributed by atoms with E-state index in [-0.39, 0.29) is 6.61 Å². The fourth-order valence-electron chi connectivity index (χ4n) is 1.11. The maximum atomic E-state index is 8.82. The number of nitrogens with zero attached hydrogens (tertiary/aromatic N) is 2. The Morgan fingerprint density at radius 1 is 1.64 bits per heavy atom. The molecule has 62 valence electrons. The van der Waals surface area contributed by atoms with Gasteiger partial charge in [-0.1, -0.05) is 6.92 Å². The van der Waals surface area contributed by atoms with Crippen molar-refractivity contribution in [3.05, 3.63) is 17.7 Å². The SMILES string of the molecule is CCCn1cnc(CO)c1C. The number of hydrogen-bond acceptors (Lipinski definition) is 2. The zero-order valence-corrected chi connectivity index (χ0v) is 7.04. The van der Waals surface area contributed by atoms with Crippen LogP contribution in [-0.2, 0) is 13.2 Å². The van der Waals surface area contributed by atoms with Gasteiger partial charge in [0, 0.05) is 12.2 Å². The summed E-state index contributed by atoms with van der Waals surface area (Å²) in [7, 11) is 0. The minimum atomic E-state index is 0.0442. The summed E-state index contributed by atoms with van der Waals surface area (Å²) in [5, 5.41) is 8.82. The number of hydrogen-bond donors (Lipinski definition) is 1. The molecule has 0 fully saturated rings. The van der Waals surface area contributed by atoms with E-state index in [0.717, 1.165) is 24.4 Å². The molecular weight excluding hydrogens is 140 g/mol. The van der Waals surface area contributed by atoms with Crippen molar-refractivity contribution in [3.63, 3.8) is 0 Å². The zero-order valence-electron chi connectivity index (χ0n) is 7.04. The highest BCUT2D eigenvalue weighted by Gasteiger charge is 2.02. The lowest BCUT2D eigenvalue weighted by molar-refractivity contribution is 0.276. The fraction of sp³-hybridized carbons (Fsp3) is 0.625. The van der Waals surface area contributed by atoms with Gasteiger partial charge in [0.15, 0.2) is 0 Å². The summed E-state index contributed by atoms with van der Waals surface area (Å²) in [5.41, 5.74) is 1.87. The molecule has 1 rings (SSSR count). The van der Waals surface area contributed by atoms with Gasteiger partial charge in [-0.25, -0.2) is 4.98 Å². The average Bonchev–Trinajstić information content (AvgIpc) is 2.34. The summed E-state index contributed by atoms with van der Waals surface area (Å²) < 4.78 is 2.06. The summed E-state index contributed by atoms with van der Waals surface area (Å²) in [6, 6.07) is 0. The van der Waals surface area contributed by atoms with Crippen LogP contribution in [0.25, 0.3) is 0 Å². The van der Waals surface area contributed by atoms with E-state index in [4.69, 9.17) is 5.11 Å². The second kappa shape index (κ2) is 3.53. The molecule has 1 heterocycles. The van der Waals surface area contributed by atoms with E-state index in [9.17, 15) is 0 Å². The summed E-state index contributed by atoms with van der Waals surface area (Å²) >= 11 is 0. The Kier molecular flexibility index (Phi) is 2.65. The lowest BCUT2D eigenvalue weighted by atomic mass is 10.3. The highest BCUT2D eigenvalue weighted by atomic mass is 16.3. The molecule has 0 aliphatic rings. The normalized spacial score (nSPS) is 10.5. The third-order valence-corrected chi connectivity index (χ3v) is 1.82. The van der Waals surface area contributed by atoms with Crippen LogP contribution in [0.4, 0.5) is 0 Å².